The molecule has 0 unspecified atom stereocenters. The van der Waals surface area contributed by atoms with Gasteiger partial charge in [0.25, 0.3) is 0 Å². The third-order valence-corrected chi connectivity index (χ3v) is 16.9. The first kappa shape index (κ1) is 44.2. The number of hydrogen-bond acceptors (Lipinski definition) is 3. The molecular weight excluding hydrogens is 871 g/mol. The van der Waals surface area contributed by atoms with Gasteiger partial charge in [-0.15, -0.1) is 0 Å². The molecule has 3 aliphatic carbocycles. The average molecular weight is 932 g/mol. The normalized spacial score (nSPS) is 15.9. The standard InChI is InChI=1S/C69H61N3/c1-42(2)49-28-29-70-66(38-49)68(62-34-45(5)18-24-56(62)57-25-19-46(6)35-63(57)68)52-14-10-12-50(39-52)67(60-32-43(3)16-22-54(60)55-23-17-44(4)33-61(55)67)51-13-11-15-53(40-51)69(72-31-30-71(9)41-72)64-36-47(7)20-26-58(64)59-27-21-48(8)37-65(59)69/h10-40,42H,41H2,1-9H3. The van der Waals surface area contributed by atoms with E-state index in [9.17, 15) is 0 Å². The van der Waals surface area contributed by atoms with Crippen molar-refractivity contribution in [2.75, 3.05) is 13.7 Å². The highest BCUT2D eigenvalue weighted by molar-refractivity contribution is 5.90. The zero-order valence-corrected chi connectivity index (χ0v) is 43.0. The molecule has 3 heteroatoms. The molecule has 4 aliphatic rings. The fraction of sp³-hybridized carbons (Fsp3) is 0.203. The molecule has 1 aromatic heterocycles. The molecule has 0 atom stereocenters. The summed E-state index contributed by atoms with van der Waals surface area (Å²) >= 11 is 0. The SMILES string of the molecule is Cc1ccc2c(c1)C(c1cccc(C3(c4cc(C(C)C)ccn4)c4cc(C)ccc4-c4ccc(C)cc43)c1)(c1cccc(C3(N4C=CN(C)C4)c4cc(C)ccc4-c4ccc(C)cc43)c1)c1cc(C)ccc1-2. The van der Waals surface area contributed by atoms with E-state index >= 15 is 0 Å². The maximum absolute atomic E-state index is 5.45. The zero-order chi connectivity index (χ0) is 49.4. The molecule has 72 heavy (non-hydrogen) atoms. The van der Waals surface area contributed by atoms with Gasteiger partial charge in [0.15, 0.2) is 0 Å². The van der Waals surface area contributed by atoms with Crippen LogP contribution in [0.1, 0.15) is 120 Å². The van der Waals surface area contributed by atoms with E-state index in [0.29, 0.717) is 5.92 Å². The Hall–Kier alpha value is -7.75. The number of aryl methyl sites for hydroxylation is 6. The van der Waals surface area contributed by atoms with Crippen LogP contribution in [-0.4, -0.2) is 28.5 Å². The van der Waals surface area contributed by atoms with E-state index in [1.54, 1.807) is 0 Å². The van der Waals surface area contributed by atoms with Crippen molar-refractivity contribution in [3.63, 3.8) is 0 Å². The van der Waals surface area contributed by atoms with Gasteiger partial charge in [0.1, 0.15) is 5.54 Å². The van der Waals surface area contributed by atoms with E-state index in [-0.39, 0.29) is 0 Å². The predicted octanol–water partition coefficient (Wildman–Crippen LogP) is 15.7. The van der Waals surface area contributed by atoms with E-state index in [2.05, 4.69) is 254 Å². The number of benzene rings is 8. The molecule has 3 nitrogen and oxygen atoms in total. The molecule has 0 spiro atoms. The lowest BCUT2D eigenvalue weighted by Crippen LogP contribution is -2.45. The number of pyridine rings is 1. The van der Waals surface area contributed by atoms with Gasteiger partial charge < -0.3 is 9.80 Å². The van der Waals surface area contributed by atoms with Crippen molar-refractivity contribution in [3.05, 3.63) is 289 Å². The highest BCUT2D eigenvalue weighted by Gasteiger charge is 2.53. The lowest BCUT2D eigenvalue weighted by atomic mass is 9.64. The molecule has 1 aliphatic heterocycles. The van der Waals surface area contributed by atoms with E-state index in [1.807, 2.05) is 6.20 Å². The predicted molar refractivity (Wildman–Crippen MR) is 297 cm³/mol. The van der Waals surface area contributed by atoms with Crippen molar-refractivity contribution in [1.82, 2.24) is 14.8 Å². The zero-order valence-electron chi connectivity index (χ0n) is 43.0. The van der Waals surface area contributed by atoms with Gasteiger partial charge in [-0.2, -0.15) is 0 Å². The quantitative estimate of drug-likeness (QED) is 0.159. The van der Waals surface area contributed by atoms with Crippen molar-refractivity contribution in [3.8, 4) is 33.4 Å². The minimum Gasteiger partial charge on any atom is -0.362 e. The number of nitrogens with zero attached hydrogens (tertiary/aromatic N) is 3. The van der Waals surface area contributed by atoms with Crippen LogP contribution < -0.4 is 0 Å². The van der Waals surface area contributed by atoms with Crippen molar-refractivity contribution in [2.24, 2.45) is 0 Å². The fourth-order valence-electron chi connectivity index (χ4n) is 13.7. The minimum absolute atomic E-state index is 0.338. The second kappa shape index (κ2) is 15.9. The average Bonchev–Trinajstić information content (AvgIpc) is 4.09. The Kier molecular flexibility index (Phi) is 9.75. The molecular formula is C69H61N3. The van der Waals surface area contributed by atoms with Crippen molar-refractivity contribution >= 4 is 0 Å². The molecule has 0 radical (unpaired) electrons. The third-order valence-electron chi connectivity index (χ3n) is 16.9. The molecule has 2 heterocycles. The van der Waals surface area contributed by atoms with E-state index in [4.69, 9.17) is 4.98 Å². The molecule has 0 saturated carbocycles. The van der Waals surface area contributed by atoms with Gasteiger partial charge in [0, 0.05) is 25.6 Å². The molecule has 0 N–H and O–H groups in total. The van der Waals surface area contributed by atoms with Crippen molar-refractivity contribution < 1.29 is 0 Å². The molecule has 0 bridgehead atoms. The minimum atomic E-state index is -0.700. The van der Waals surface area contributed by atoms with Crippen LogP contribution in [0.5, 0.6) is 0 Å². The van der Waals surface area contributed by atoms with Gasteiger partial charge in [-0.3, -0.25) is 4.98 Å². The Balaban J connectivity index is 1.15. The van der Waals surface area contributed by atoms with Crippen LogP contribution >= 0.6 is 0 Å². The summed E-state index contributed by atoms with van der Waals surface area (Å²) in [6.45, 7) is 18.8. The van der Waals surface area contributed by atoms with Gasteiger partial charge in [-0.05, 0) is 154 Å². The smallest absolute Gasteiger partial charge is 0.118 e. The molecule has 0 amide bonds. The first-order valence-electron chi connectivity index (χ1n) is 25.8. The fourth-order valence-corrected chi connectivity index (χ4v) is 13.7. The summed E-state index contributed by atoms with van der Waals surface area (Å²) in [6, 6.07) is 66.8. The van der Waals surface area contributed by atoms with Crippen LogP contribution in [0.4, 0.5) is 0 Å². The summed E-state index contributed by atoms with van der Waals surface area (Å²) in [7, 11) is 2.19. The van der Waals surface area contributed by atoms with E-state index in [1.165, 1.54) is 128 Å². The van der Waals surface area contributed by atoms with Crippen molar-refractivity contribution in [1.29, 1.82) is 0 Å². The number of fused-ring (bicyclic) bond motifs is 9. The monoisotopic (exact) mass is 931 g/mol. The largest absolute Gasteiger partial charge is 0.362 e. The summed E-state index contributed by atoms with van der Waals surface area (Å²) in [4.78, 5) is 10.3. The lowest BCUT2D eigenvalue weighted by molar-refractivity contribution is 0.198. The van der Waals surface area contributed by atoms with Crippen LogP contribution in [0.15, 0.2) is 188 Å². The Labute approximate surface area is 426 Å². The van der Waals surface area contributed by atoms with Crippen LogP contribution in [0.2, 0.25) is 0 Å². The van der Waals surface area contributed by atoms with Gasteiger partial charge in [0.2, 0.25) is 0 Å². The Morgan fingerprint density at radius 3 is 1.19 bits per heavy atom. The van der Waals surface area contributed by atoms with E-state index in [0.717, 1.165) is 12.4 Å². The lowest BCUT2D eigenvalue weighted by Gasteiger charge is -2.43. The third kappa shape index (κ3) is 6.00. The van der Waals surface area contributed by atoms with Crippen LogP contribution in [-0.2, 0) is 16.4 Å². The van der Waals surface area contributed by atoms with Gasteiger partial charge in [0.05, 0.1) is 23.2 Å². The number of hydrogen-bond donors (Lipinski definition) is 0. The highest BCUT2D eigenvalue weighted by atomic mass is 15.4. The van der Waals surface area contributed by atoms with Gasteiger partial charge >= 0.3 is 0 Å². The Morgan fingerprint density at radius 1 is 0.403 bits per heavy atom. The first-order chi connectivity index (χ1) is 34.8. The van der Waals surface area contributed by atoms with Crippen LogP contribution in [0.25, 0.3) is 33.4 Å². The number of aromatic nitrogens is 1. The van der Waals surface area contributed by atoms with Crippen LogP contribution in [0, 0.1) is 41.5 Å². The van der Waals surface area contributed by atoms with Crippen molar-refractivity contribution in [2.45, 2.75) is 77.7 Å². The number of rotatable bonds is 7. The summed E-state index contributed by atoms with van der Waals surface area (Å²) in [6.07, 6.45) is 6.61. The topological polar surface area (TPSA) is 19.4 Å². The second-order valence-electron chi connectivity index (χ2n) is 22.0. The van der Waals surface area contributed by atoms with Crippen LogP contribution in [0.3, 0.4) is 0 Å². The Bertz CT molecular complexity index is 3620. The molecule has 8 aromatic carbocycles. The van der Waals surface area contributed by atoms with Gasteiger partial charge in [-0.25, -0.2) is 0 Å². The summed E-state index contributed by atoms with van der Waals surface area (Å²) in [5.41, 5.74) is 28.5. The van der Waals surface area contributed by atoms with E-state index < -0.39 is 16.4 Å². The summed E-state index contributed by atoms with van der Waals surface area (Å²) in [5.74, 6) is 0.338. The first-order valence-corrected chi connectivity index (χ1v) is 25.8. The Morgan fingerprint density at radius 2 is 0.778 bits per heavy atom. The molecule has 0 fully saturated rings. The second-order valence-corrected chi connectivity index (χ2v) is 22.0. The molecule has 352 valence electrons. The molecule has 13 rings (SSSR count). The molecule has 0 saturated heterocycles. The highest BCUT2D eigenvalue weighted by Crippen LogP contribution is 2.62. The summed E-state index contributed by atoms with van der Waals surface area (Å²) in [5, 5.41) is 0. The van der Waals surface area contributed by atoms with Gasteiger partial charge in [-0.1, -0.05) is 205 Å². The summed E-state index contributed by atoms with van der Waals surface area (Å²) < 4.78 is 0. The maximum atomic E-state index is 5.45. The maximum Gasteiger partial charge on any atom is 0.118 e. The molecule has 9 aromatic rings.